The fourth-order valence-corrected chi connectivity index (χ4v) is 3.88. The van der Waals surface area contributed by atoms with Gasteiger partial charge in [-0.1, -0.05) is 11.6 Å². The molecule has 0 amide bonds. The number of pyridine rings is 1. The quantitative estimate of drug-likeness (QED) is 0.779. The van der Waals surface area contributed by atoms with Gasteiger partial charge in [-0.25, -0.2) is 4.98 Å². The average molecular weight is 357 g/mol. The highest BCUT2D eigenvalue weighted by Crippen LogP contribution is 2.34. The fourth-order valence-electron chi connectivity index (χ4n) is 3.71. The summed E-state index contributed by atoms with van der Waals surface area (Å²) in [6.07, 6.45) is 6.81. The molecule has 4 rings (SSSR count). The predicted molar refractivity (Wildman–Crippen MR) is 99.9 cm³/mol. The summed E-state index contributed by atoms with van der Waals surface area (Å²) in [6.45, 7) is 1.80. The van der Waals surface area contributed by atoms with E-state index in [1.807, 2.05) is 48.3 Å². The number of fused-ring (bicyclic) bond motifs is 1. The van der Waals surface area contributed by atoms with Gasteiger partial charge in [-0.3, -0.25) is 4.98 Å². The van der Waals surface area contributed by atoms with Crippen molar-refractivity contribution in [2.24, 2.45) is 13.0 Å². The zero-order valence-corrected chi connectivity index (χ0v) is 14.9. The average Bonchev–Trinajstić information content (AvgIpc) is 3.06. The lowest BCUT2D eigenvalue weighted by atomic mass is 9.90. The minimum Gasteiger partial charge on any atom is -0.385 e. The number of aryl methyl sites for hydroxylation is 1. The fraction of sp³-hybridized carbons (Fsp3) is 0.368. The van der Waals surface area contributed by atoms with Crippen LogP contribution in [0.3, 0.4) is 0 Å². The third-order valence-corrected chi connectivity index (χ3v) is 5.37. The summed E-state index contributed by atoms with van der Waals surface area (Å²) in [4.78, 5) is 11.1. The molecule has 25 heavy (non-hydrogen) atoms. The molecule has 0 spiro atoms. The third-order valence-electron chi connectivity index (χ3n) is 5.13. The number of piperidine rings is 1. The first-order chi connectivity index (χ1) is 12.1. The Hall–Kier alpha value is -2.11. The van der Waals surface area contributed by atoms with Crippen LogP contribution in [0.2, 0.25) is 5.02 Å². The van der Waals surface area contributed by atoms with Crippen LogP contribution in [0.15, 0.2) is 42.9 Å². The maximum absolute atomic E-state index is 10.7. The van der Waals surface area contributed by atoms with Gasteiger partial charge >= 0.3 is 0 Å². The second-order valence-electron chi connectivity index (χ2n) is 6.66. The van der Waals surface area contributed by atoms with Crippen LogP contribution in [0, 0.1) is 5.92 Å². The van der Waals surface area contributed by atoms with E-state index >= 15 is 0 Å². The molecule has 0 bridgehead atoms. The number of rotatable bonds is 3. The number of hydrogen-bond acceptors (Lipinski definition) is 4. The van der Waals surface area contributed by atoms with Gasteiger partial charge in [0.15, 0.2) is 0 Å². The van der Waals surface area contributed by atoms with Crippen molar-refractivity contribution in [3.63, 3.8) is 0 Å². The summed E-state index contributed by atoms with van der Waals surface area (Å²) < 4.78 is 1.90. The predicted octanol–water partition coefficient (Wildman–Crippen LogP) is 3.57. The first-order valence-electron chi connectivity index (χ1n) is 8.58. The van der Waals surface area contributed by atoms with Crippen molar-refractivity contribution in [1.29, 1.82) is 0 Å². The van der Waals surface area contributed by atoms with E-state index in [4.69, 9.17) is 11.6 Å². The van der Waals surface area contributed by atoms with Crippen LogP contribution in [-0.4, -0.2) is 32.7 Å². The van der Waals surface area contributed by atoms with Gasteiger partial charge in [0.1, 0.15) is 11.9 Å². The summed E-state index contributed by atoms with van der Waals surface area (Å²) >= 11 is 6.18. The Balaban J connectivity index is 1.53. The SMILES string of the molecule is Cn1ccnc1C(O)C1CCN(c2ccnc3ccc(Cl)cc23)CC1. The van der Waals surface area contributed by atoms with Gasteiger partial charge < -0.3 is 14.6 Å². The number of imidazole rings is 1. The highest BCUT2D eigenvalue weighted by atomic mass is 35.5. The molecule has 1 aromatic carbocycles. The highest BCUT2D eigenvalue weighted by molar-refractivity contribution is 6.31. The number of nitrogens with zero attached hydrogens (tertiary/aromatic N) is 4. The van der Waals surface area contributed by atoms with Crippen LogP contribution < -0.4 is 4.90 Å². The van der Waals surface area contributed by atoms with Gasteiger partial charge in [-0.05, 0) is 43.0 Å². The molecule has 1 N–H and O–H groups in total. The highest BCUT2D eigenvalue weighted by Gasteiger charge is 2.29. The summed E-state index contributed by atoms with van der Waals surface area (Å²) in [5.74, 6) is 0.980. The Morgan fingerprint density at radius 2 is 1.96 bits per heavy atom. The first-order valence-corrected chi connectivity index (χ1v) is 8.96. The zero-order valence-electron chi connectivity index (χ0n) is 14.1. The molecular formula is C19H21ClN4O. The minimum absolute atomic E-state index is 0.231. The van der Waals surface area contributed by atoms with E-state index in [0.717, 1.165) is 53.4 Å². The molecule has 3 heterocycles. The third kappa shape index (κ3) is 3.10. The van der Waals surface area contributed by atoms with Gasteiger partial charge in [0.05, 0.1) is 5.52 Å². The van der Waals surface area contributed by atoms with Crippen LogP contribution in [-0.2, 0) is 7.05 Å². The summed E-state index contributed by atoms with van der Waals surface area (Å²) in [6, 6.07) is 7.86. The van der Waals surface area contributed by atoms with Gasteiger partial charge in [0.25, 0.3) is 0 Å². The number of halogens is 1. The lowest BCUT2D eigenvalue weighted by Gasteiger charge is -2.35. The number of aliphatic hydroxyl groups excluding tert-OH is 1. The van der Waals surface area contributed by atoms with Crippen LogP contribution in [0.25, 0.3) is 10.9 Å². The lowest BCUT2D eigenvalue weighted by molar-refractivity contribution is 0.0825. The molecule has 5 nitrogen and oxygen atoms in total. The molecule has 1 aliphatic rings. The minimum atomic E-state index is -0.509. The molecule has 1 unspecified atom stereocenters. The maximum atomic E-state index is 10.7. The lowest BCUT2D eigenvalue weighted by Crippen LogP contribution is -2.36. The summed E-state index contributed by atoms with van der Waals surface area (Å²) in [5.41, 5.74) is 2.12. The van der Waals surface area contributed by atoms with Crippen LogP contribution >= 0.6 is 11.6 Å². The Morgan fingerprint density at radius 1 is 1.16 bits per heavy atom. The number of anilines is 1. The Labute approximate surface area is 151 Å². The molecule has 0 saturated carbocycles. The molecular weight excluding hydrogens is 336 g/mol. The van der Waals surface area contributed by atoms with E-state index in [1.54, 1.807) is 6.20 Å². The molecule has 0 radical (unpaired) electrons. The standard InChI is InChI=1S/C19H21ClN4O/c1-23-11-8-22-19(23)18(25)13-5-9-24(10-6-13)17-4-7-21-16-3-2-14(20)12-15(16)17/h2-4,7-8,11-13,18,25H,5-6,9-10H2,1H3. The largest absolute Gasteiger partial charge is 0.385 e. The topological polar surface area (TPSA) is 54.2 Å². The number of hydrogen-bond donors (Lipinski definition) is 1. The number of aliphatic hydroxyl groups is 1. The van der Waals surface area contributed by atoms with E-state index < -0.39 is 6.10 Å². The van der Waals surface area contributed by atoms with Gasteiger partial charge in [0.2, 0.25) is 0 Å². The second kappa shape index (κ2) is 6.65. The van der Waals surface area contributed by atoms with Crippen molar-refractivity contribution < 1.29 is 5.11 Å². The van der Waals surface area contributed by atoms with Crippen molar-refractivity contribution in [3.8, 4) is 0 Å². The van der Waals surface area contributed by atoms with Crippen molar-refractivity contribution in [2.45, 2.75) is 18.9 Å². The maximum Gasteiger partial charge on any atom is 0.137 e. The molecule has 130 valence electrons. The Kier molecular flexibility index (Phi) is 4.36. The summed E-state index contributed by atoms with van der Waals surface area (Å²) in [7, 11) is 1.92. The van der Waals surface area contributed by atoms with E-state index in [-0.39, 0.29) is 5.92 Å². The van der Waals surface area contributed by atoms with Gasteiger partial charge in [-0.15, -0.1) is 0 Å². The van der Waals surface area contributed by atoms with Gasteiger partial charge in [-0.2, -0.15) is 0 Å². The van der Waals surface area contributed by atoms with Crippen LogP contribution in [0.5, 0.6) is 0 Å². The molecule has 2 aromatic heterocycles. The normalized spacial score (nSPS) is 17.2. The van der Waals surface area contributed by atoms with Crippen LogP contribution in [0.4, 0.5) is 5.69 Å². The first kappa shape index (κ1) is 16.4. The van der Waals surface area contributed by atoms with E-state index in [1.165, 1.54) is 0 Å². The summed E-state index contributed by atoms with van der Waals surface area (Å²) in [5, 5.41) is 12.5. The molecule has 1 aliphatic heterocycles. The Morgan fingerprint density at radius 3 is 2.68 bits per heavy atom. The molecule has 1 fully saturated rings. The van der Waals surface area contributed by atoms with E-state index in [9.17, 15) is 5.11 Å². The monoisotopic (exact) mass is 356 g/mol. The number of aromatic nitrogens is 3. The Bertz CT molecular complexity index is 886. The van der Waals surface area contributed by atoms with E-state index in [0.29, 0.717) is 0 Å². The van der Waals surface area contributed by atoms with Crippen molar-refractivity contribution in [2.75, 3.05) is 18.0 Å². The molecule has 1 atom stereocenters. The smallest absolute Gasteiger partial charge is 0.137 e. The molecule has 6 heteroatoms. The number of benzene rings is 1. The molecule has 1 saturated heterocycles. The van der Waals surface area contributed by atoms with Crippen molar-refractivity contribution >= 4 is 28.2 Å². The van der Waals surface area contributed by atoms with E-state index in [2.05, 4.69) is 14.9 Å². The zero-order chi connectivity index (χ0) is 17.4. The molecule has 0 aliphatic carbocycles. The van der Waals surface area contributed by atoms with Crippen molar-refractivity contribution in [1.82, 2.24) is 14.5 Å². The van der Waals surface area contributed by atoms with Gasteiger partial charge in [0, 0.05) is 54.8 Å². The van der Waals surface area contributed by atoms with Crippen molar-refractivity contribution in [3.05, 3.63) is 53.7 Å². The second-order valence-corrected chi connectivity index (χ2v) is 7.09. The molecule has 3 aromatic rings. The van der Waals surface area contributed by atoms with Crippen LogP contribution in [0.1, 0.15) is 24.8 Å².